The Labute approximate surface area is 151 Å². The topological polar surface area (TPSA) is 52.5 Å². The summed E-state index contributed by atoms with van der Waals surface area (Å²) in [7, 11) is 2.08. The zero-order valence-electron chi connectivity index (χ0n) is 15.1. The minimum atomic E-state index is -4.37. The Morgan fingerprint density at radius 3 is 2.64 bits per heavy atom. The van der Waals surface area contributed by atoms with Crippen molar-refractivity contribution in [2.75, 3.05) is 39.8 Å². The highest BCUT2D eigenvalue weighted by Crippen LogP contribution is 2.29. The lowest BCUT2D eigenvalue weighted by Crippen LogP contribution is -2.39. The average molecular weight is 379 g/mol. The summed E-state index contributed by atoms with van der Waals surface area (Å²) in [5, 5.41) is 7.80. The highest BCUT2D eigenvalue weighted by atomic mass is 32.1. The standard InChI is InChI=1S/C16H28F3N5S/c1-4-6-10-24(3)11-9-22-15(20-5-2)21-8-7-14-23-13(12-25-14)16(17,18)19/h12H,4-11H2,1-3H3,(H2,20,21,22). The van der Waals surface area contributed by atoms with E-state index < -0.39 is 11.9 Å². The van der Waals surface area contributed by atoms with Crippen molar-refractivity contribution in [1.29, 1.82) is 0 Å². The molecule has 0 fully saturated rings. The van der Waals surface area contributed by atoms with Crippen LogP contribution in [0.15, 0.2) is 10.4 Å². The summed E-state index contributed by atoms with van der Waals surface area (Å²) in [4.78, 5) is 10.4. The molecule has 9 heteroatoms. The van der Waals surface area contributed by atoms with Crippen LogP contribution < -0.4 is 10.6 Å². The highest BCUT2D eigenvalue weighted by molar-refractivity contribution is 7.09. The molecule has 0 unspecified atom stereocenters. The zero-order valence-corrected chi connectivity index (χ0v) is 15.9. The van der Waals surface area contributed by atoms with Gasteiger partial charge in [0.25, 0.3) is 0 Å². The fraction of sp³-hybridized carbons (Fsp3) is 0.750. The SMILES string of the molecule is CCCCN(C)CCN=C(NCC)NCCc1nc(C(F)(F)F)cs1. The number of alkyl halides is 3. The van der Waals surface area contributed by atoms with Gasteiger partial charge in [-0.15, -0.1) is 11.3 Å². The van der Waals surface area contributed by atoms with Crippen LogP contribution in [0.1, 0.15) is 37.4 Å². The molecule has 0 aliphatic heterocycles. The number of guanidine groups is 1. The second-order valence-electron chi connectivity index (χ2n) is 5.72. The van der Waals surface area contributed by atoms with E-state index in [1.54, 1.807) is 0 Å². The number of halogens is 3. The summed E-state index contributed by atoms with van der Waals surface area (Å²) < 4.78 is 37.6. The summed E-state index contributed by atoms with van der Waals surface area (Å²) >= 11 is 1.03. The third kappa shape index (κ3) is 9.06. The molecule has 0 saturated carbocycles. The first-order chi connectivity index (χ1) is 11.9. The van der Waals surface area contributed by atoms with Gasteiger partial charge in [-0.05, 0) is 26.9 Å². The van der Waals surface area contributed by atoms with Gasteiger partial charge in [0.05, 0.1) is 11.6 Å². The van der Waals surface area contributed by atoms with Gasteiger partial charge in [0.15, 0.2) is 11.7 Å². The molecule has 25 heavy (non-hydrogen) atoms. The molecule has 1 rings (SSSR count). The molecule has 0 radical (unpaired) electrons. The van der Waals surface area contributed by atoms with Crippen LogP contribution in [0.5, 0.6) is 0 Å². The van der Waals surface area contributed by atoms with E-state index in [0.717, 1.165) is 36.4 Å². The maximum absolute atomic E-state index is 12.5. The number of rotatable bonds is 10. The lowest BCUT2D eigenvalue weighted by Gasteiger charge is -2.15. The monoisotopic (exact) mass is 379 g/mol. The number of unbranched alkanes of at least 4 members (excludes halogenated alkanes) is 1. The quantitative estimate of drug-likeness (QED) is 0.485. The summed E-state index contributed by atoms with van der Waals surface area (Å²) in [6, 6.07) is 0. The fourth-order valence-electron chi connectivity index (χ4n) is 2.06. The van der Waals surface area contributed by atoms with E-state index in [4.69, 9.17) is 0 Å². The lowest BCUT2D eigenvalue weighted by molar-refractivity contribution is -0.140. The predicted octanol–water partition coefficient (Wildman–Crippen LogP) is 2.99. The van der Waals surface area contributed by atoms with E-state index in [-0.39, 0.29) is 0 Å². The molecule has 0 aliphatic carbocycles. The van der Waals surface area contributed by atoms with Crippen molar-refractivity contribution in [2.24, 2.45) is 4.99 Å². The average Bonchev–Trinajstić information content (AvgIpc) is 3.02. The van der Waals surface area contributed by atoms with Crippen molar-refractivity contribution < 1.29 is 13.2 Å². The Bertz CT molecular complexity index is 516. The number of thiazole rings is 1. The second kappa shape index (κ2) is 11.3. The number of hydrogen-bond acceptors (Lipinski definition) is 4. The van der Waals surface area contributed by atoms with Gasteiger partial charge in [-0.3, -0.25) is 4.99 Å². The van der Waals surface area contributed by atoms with E-state index in [0.29, 0.717) is 30.5 Å². The molecule has 0 saturated heterocycles. The van der Waals surface area contributed by atoms with E-state index in [1.807, 2.05) is 6.92 Å². The van der Waals surface area contributed by atoms with Crippen LogP contribution in [0.2, 0.25) is 0 Å². The van der Waals surface area contributed by atoms with Gasteiger partial charge >= 0.3 is 6.18 Å². The summed E-state index contributed by atoms with van der Waals surface area (Å²) in [6.45, 7) is 7.96. The Kier molecular flexibility index (Phi) is 9.81. The molecule has 0 aliphatic rings. The first kappa shape index (κ1) is 21.7. The van der Waals surface area contributed by atoms with Gasteiger partial charge < -0.3 is 15.5 Å². The normalized spacial score (nSPS) is 12.7. The molecule has 144 valence electrons. The minimum absolute atomic E-state index is 0.432. The van der Waals surface area contributed by atoms with Gasteiger partial charge in [0, 0.05) is 31.4 Å². The van der Waals surface area contributed by atoms with Crippen LogP contribution in [-0.2, 0) is 12.6 Å². The number of aromatic nitrogens is 1. The third-order valence-electron chi connectivity index (χ3n) is 3.46. The third-order valence-corrected chi connectivity index (χ3v) is 4.37. The molecule has 0 atom stereocenters. The number of hydrogen-bond donors (Lipinski definition) is 2. The second-order valence-corrected chi connectivity index (χ2v) is 6.66. The molecule has 1 aromatic rings. The fourth-order valence-corrected chi connectivity index (χ4v) is 2.86. The minimum Gasteiger partial charge on any atom is -0.357 e. The van der Waals surface area contributed by atoms with Crippen LogP contribution in [0.3, 0.4) is 0 Å². The maximum atomic E-state index is 12.5. The van der Waals surface area contributed by atoms with Crippen molar-refractivity contribution in [1.82, 2.24) is 20.5 Å². The van der Waals surface area contributed by atoms with Gasteiger partial charge in [0.2, 0.25) is 0 Å². The van der Waals surface area contributed by atoms with Gasteiger partial charge in [-0.2, -0.15) is 13.2 Å². The van der Waals surface area contributed by atoms with Crippen LogP contribution in [0, 0.1) is 0 Å². The maximum Gasteiger partial charge on any atom is 0.434 e. The van der Waals surface area contributed by atoms with Crippen molar-refractivity contribution in [3.63, 3.8) is 0 Å². The zero-order chi connectivity index (χ0) is 18.7. The van der Waals surface area contributed by atoms with E-state index >= 15 is 0 Å². The van der Waals surface area contributed by atoms with Crippen LogP contribution in [-0.4, -0.2) is 55.6 Å². The van der Waals surface area contributed by atoms with Gasteiger partial charge in [0.1, 0.15) is 0 Å². The smallest absolute Gasteiger partial charge is 0.357 e. The molecule has 5 nitrogen and oxygen atoms in total. The number of aliphatic imine (C=N–C) groups is 1. The Hall–Kier alpha value is -1.35. The van der Waals surface area contributed by atoms with E-state index in [1.165, 1.54) is 12.8 Å². The van der Waals surface area contributed by atoms with Crippen molar-refractivity contribution in [2.45, 2.75) is 39.3 Å². The Balaban J connectivity index is 2.39. The molecule has 1 aromatic heterocycles. The van der Waals surface area contributed by atoms with Crippen LogP contribution in [0.4, 0.5) is 13.2 Å². The van der Waals surface area contributed by atoms with Crippen molar-refractivity contribution in [3.8, 4) is 0 Å². The molecule has 0 aromatic carbocycles. The lowest BCUT2D eigenvalue weighted by atomic mass is 10.3. The number of nitrogens with one attached hydrogen (secondary N) is 2. The summed E-state index contributed by atoms with van der Waals surface area (Å²) in [5.41, 5.74) is -0.816. The molecule has 2 N–H and O–H groups in total. The Morgan fingerprint density at radius 2 is 2.04 bits per heavy atom. The highest BCUT2D eigenvalue weighted by Gasteiger charge is 2.33. The largest absolute Gasteiger partial charge is 0.434 e. The van der Waals surface area contributed by atoms with Gasteiger partial charge in [-0.25, -0.2) is 4.98 Å². The van der Waals surface area contributed by atoms with Crippen molar-refractivity contribution >= 4 is 17.3 Å². The van der Waals surface area contributed by atoms with E-state index in [2.05, 4.69) is 39.5 Å². The summed E-state index contributed by atoms with van der Waals surface area (Å²) in [5.74, 6) is 0.680. The molecule has 1 heterocycles. The number of nitrogens with zero attached hydrogens (tertiary/aromatic N) is 3. The predicted molar refractivity (Wildman–Crippen MR) is 97.2 cm³/mol. The number of likely N-dealkylation sites (N-methyl/N-ethyl adjacent to an activating group) is 1. The van der Waals surface area contributed by atoms with Crippen LogP contribution in [0.25, 0.3) is 0 Å². The molecular weight excluding hydrogens is 351 g/mol. The first-order valence-corrected chi connectivity index (χ1v) is 9.47. The first-order valence-electron chi connectivity index (χ1n) is 8.59. The van der Waals surface area contributed by atoms with E-state index in [9.17, 15) is 13.2 Å². The molecular formula is C16H28F3N5S. The molecule has 0 bridgehead atoms. The molecule has 0 amide bonds. The Morgan fingerprint density at radius 1 is 1.28 bits per heavy atom. The molecule has 0 spiro atoms. The van der Waals surface area contributed by atoms with Crippen LogP contribution >= 0.6 is 11.3 Å². The summed E-state index contributed by atoms with van der Waals surface area (Å²) in [6.07, 6.45) is -1.60. The van der Waals surface area contributed by atoms with Gasteiger partial charge in [-0.1, -0.05) is 13.3 Å². The van der Waals surface area contributed by atoms with Crippen molar-refractivity contribution in [3.05, 3.63) is 16.1 Å².